The van der Waals surface area contributed by atoms with E-state index in [0.717, 1.165) is 25.7 Å². The molecule has 0 heterocycles. The van der Waals surface area contributed by atoms with Crippen molar-refractivity contribution in [1.29, 1.82) is 0 Å². The van der Waals surface area contributed by atoms with Gasteiger partial charge >= 0.3 is 5.97 Å². The number of hydrogen-bond acceptors (Lipinski definition) is 2. The first kappa shape index (κ1) is 13.9. The molecule has 1 amide bonds. The summed E-state index contributed by atoms with van der Waals surface area (Å²) in [6, 6.07) is 0.254. The molecule has 3 rings (SSSR count). The first-order chi connectivity index (χ1) is 9.58. The van der Waals surface area contributed by atoms with Crippen molar-refractivity contribution in [3.05, 3.63) is 0 Å². The van der Waals surface area contributed by atoms with Gasteiger partial charge in [0.2, 0.25) is 5.91 Å². The van der Waals surface area contributed by atoms with Crippen LogP contribution in [0.25, 0.3) is 0 Å². The zero-order chi connectivity index (χ0) is 14.3. The number of carboxylic acid groups (broad SMARTS) is 1. The lowest BCUT2D eigenvalue weighted by molar-refractivity contribution is -0.149. The number of aliphatic carboxylic acids is 1. The van der Waals surface area contributed by atoms with Gasteiger partial charge in [0.25, 0.3) is 0 Å². The number of amides is 1. The van der Waals surface area contributed by atoms with Crippen LogP contribution in [0.1, 0.15) is 51.9 Å². The van der Waals surface area contributed by atoms with Gasteiger partial charge in [-0.25, -0.2) is 0 Å². The van der Waals surface area contributed by atoms with Gasteiger partial charge in [0.05, 0.1) is 11.8 Å². The first-order valence-electron chi connectivity index (χ1n) is 8.11. The summed E-state index contributed by atoms with van der Waals surface area (Å²) in [7, 11) is 0. The normalized spacial score (nSPS) is 43.5. The molecule has 2 bridgehead atoms. The molecule has 0 aromatic rings. The van der Waals surface area contributed by atoms with Gasteiger partial charge in [-0.3, -0.25) is 9.59 Å². The summed E-state index contributed by atoms with van der Waals surface area (Å²) in [5.41, 5.74) is 0. The zero-order valence-electron chi connectivity index (χ0n) is 12.2. The zero-order valence-corrected chi connectivity index (χ0v) is 12.2. The fourth-order valence-electron chi connectivity index (χ4n) is 4.83. The molecule has 0 aromatic carbocycles. The maximum atomic E-state index is 12.6. The van der Waals surface area contributed by atoms with Gasteiger partial charge in [-0.15, -0.1) is 0 Å². The number of carbonyl (C=O) groups excluding carboxylic acids is 1. The standard InChI is InChI=1S/C16H25NO3/c1-9-4-2-3-5-12(9)17-15(18)13-10-6-7-11(8-10)14(13)16(19)20/h9-14H,2-8H2,1H3,(H,17,18)(H,19,20)/t9-,10+,11-,12+,13+,14-/m0/s1. The first-order valence-corrected chi connectivity index (χ1v) is 8.11. The van der Waals surface area contributed by atoms with E-state index in [1.165, 1.54) is 19.3 Å². The summed E-state index contributed by atoms with van der Waals surface area (Å²) in [5, 5.41) is 12.6. The minimum absolute atomic E-state index is 0.0170. The van der Waals surface area contributed by atoms with Crippen molar-refractivity contribution in [3.8, 4) is 0 Å². The molecule has 3 aliphatic rings. The number of carbonyl (C=O) groups is 2. The van der Waals surface area contributed by atoms with Crippen LogP contribution in [0.3, 0.4) is 0 Å². The van der Waals surface area contributed by atoms with Crippen LogP contribution in [0.2, 0.25) is 0 Å². The molecule has 3 aliphatic carbocycles. The summed E-state index contributed by atoms with van der Waals surface area (Å²) in [4.78, 5) is 24.1. The Kier molecular flexibility index (Phi) is 3.74. The van der Waals surface area contributed by atoms with E-state index >= 15 is 0 Å². The summed E-state index contributed by atoms with van der Waals surface area (Å²) >= 11 is 0. The number of rotatable bonds is 3. The molecule has 6 atom stereocenters. The summed E-state index contributed by atoms with van der Waals surface area (Å²) in [6.07, 6.45) is 7.61. The second kappa shape index (κ2) is 5.38. The van der Waals surface area contributed by atoms with Crippen molar-refractivity contribution >= 4 is 11.9 Å². The number of fused-ring (bicyclic) bond motifs is 2. The Bertz CT molecular complexity index is 409. The average Bonchev–Trinajstić information content (AvgIpc) is 3.01. The Morgan fingerprint density at radius 1 is 1.00 bits per heavy atom. The summed E-state index contributed by atoms with van der Waals surface area (Å²) < 4.78 is 0. The Morgan fingerprint density at radius 3 is 2.30 bits per heavy atom. The van der Waals surface area contributed by atoms with E-state index in [4.69, 9.17) is 0 Å². The van der Waals surface area contributed by atoms with E-state index in [1.807, 2.05) is 0 Å². The highest BCUT2D eigenvalue weighted by Crippen LogP contribution is 2.52. The van der Waals surface area contributed by atoms with Crippen LogP contribution in [-0.4, -0.2) is 23.0 Å². The molecular weight excluding hydrogens is 254 g/mol. The Hall–Kier alpha value is -1.06. The smallest absolute Gasteiger partial charge is 0.307 e. The average molecular weight is 279 g/mol. The maximum absolute atomic E-state index is 12.6. The molecule has 20 heavy (non-hydrogen) atoms. The maximum Gasteiger partial charge on any atom is 0.307 e. The van der Waals surface area contributed by atoms with Crippen molar-refractivity contribution in [2.75, 3.05) is 0 Å². The number of hydrogen-bond donors (Lipinski definition) is 2. The second-order valence-electron chi connectivity index (χ2n) is 7.10. The van der Waals surface area contributed by atoms with Crippen molar-refractivity contribution < 1.29 is 14.7 Å². The van der Waals surface area contributed by atoms with Crippen LogP contribution in [0.15, 0.2) is 0 Å². The second-order valence-corrected chi connectivity index (χ2v) is 7.10. The van der Waals surface area contributed by atoms with E-state index in [-0.39, 0.29) is 23.8 Å². The van der Waals surface area contributed by atoms with Gasteiger partial charge in [0.1, 0.15) is 0 Å². The molecular formula is C16H25NO3. The molecule has 0 unspecified atom stereocenters. The quantitative estimate of drug-likeness (QED) is 0.834. The fraction of sp³-hybridized carbons (Fsp3) is 0.875. The molecule has 3 saturated carbocycles. The third kappa shape index (κ3) is 2.33. The lowest BCUT2D eigenvalue weighted by Gasteiger charge is -2.33. The molecule has 0 saturated heterocycles. The van der Waals surface area contributed by atoms with Crippen LogP contribution in [0.5, 0.6) is 0 Å². The van der Waals surface area contributed by atoms with Crippen LogP contribution >= 0.6 is 0 Å². The minimum atomic E-state index is -0.769. The van der Waals surface area contributed by atoms with Crippen molar-refractivity contribution in [1.82, 2.24) is 5.32 Å². The Morgan fingerprint density at radius 2 is 1.65 bits per heavy atom. The topological polar surface area (TPSA) is 66.4 Å². The van der Waals surface area contributed by atoms with Crippen LogP contribution in [0.4, 0.5) is 0 Å². The number of carboxylic acids is 1. The largest absolute Gasteiger partial charge is 0.481 e. The molecule has 0 spiro atoms. The molecule has 0 aliphatic heterocycles. The SMILES string of the molecule is C[C@H]1CCCC[C@H]1NC(=O)[C@@H]1[C@@H]2CC[C@@H](C2)[C@@H]1C(=O)O. The highest BCUT2D eigenvalue weighted by Gasteiger charge is 2.54. The van der Waals surface area contributed by atoms with E-state index in [1.54, 1.807) is 0 Å². The van der Waals surface area contributed by atoms with Crippen LogP contribution < -0.4 is 5.32 Å². The molecule has 3 fully saturated rings. The lowest BCUT2D eigenvalue weighted by Crippen LogP contribution is -2.47. The molecule has 4 nitrogen and oxygen atoms in total. The van der Waals surface area contributed by atoms with Crippen molar-refractivity contribution in [2.45, 2.75) is 57.9 Å². The Labute approximate surface area is 120 Å². The lowest BCUT2D eigenvalue weighted by atomic mass is 9.78. The van der Waals surface area contributed by atoms with E-state index in [2.05, 4.69) is 12.2 Å². The van der Waals surface area contributed by atoms with E-state index in [9.17, 15) is 14.7 Å². The third-order valence-electron chi connectivity index (χ3n) is 5.94. The van der Waals surface area contributed by atoms with Crippen molar-refractivity contribution in [3.63, 3.8) is 0 Å². The molecule has 2 N–H and O–H groups in total. The molecule has 0 aromatic heterocycles. The van der Waals surface area contributed by atoms with E-state index in [0.29, 0.717) is 11.8 Å². The fourth-order valence-corrected chi connectivity index (χ4v) is 4.83. The van der Waals surface area contributed by atoms with Gasteiger partial charge < -0.3 is 10.4 Å². The van der Waals surface area contributed by atoms with Crippen molar-refractivity contribution in [2.24, 2.45) is 29.6 Å². The van der Waals surface area contributed by atoms with Gasteiger partial charge in [-0.1, -0.05) is 19.8 Å². The monoisotopic (exact) mass is 279 g/mol. The molecule has 112 valence electrons. The van der Waals surface area contributed by atoms with Gasteiger partial charge in [-0.05, 0) is 49.9 Å². The van der Waals surface area contributed by atoms with Crippen LogP contribution in [0, 0.1) is 29.6 Å². The molecule has 4 heteroatoms. The number of nitrogens with one attached hydrogen (secondary N) is 1. The van der Waals surface area contributed by atoms with Crippen LogP contribution in [-0.2, 0) is 9.59 Å². The minimum Gasteiger partial charge on any atom is -0.481 e. The van der Waals surface area contributed by atoms with Gasteiger partial charge in [-0.2, -0.15) is 0 Å². The van der Waals surface area contributed by atoms with Gasteiger partial charge in [0, 0.05) is 6.04 Å². The predicted octanol–water partition coefficient (Wildman–Crippen LogP) is 2.43. The molecule has 0 radical (unpaired) electrons. The summed E-state index contributed by atoms with van der Waals surface area (Å²) in [6.45, 7) is 2.19. The highest BCUT2D eigenvalue weighted by molar-refractivity contribution is 5.86. The predicted molar refractivity (Wildman–Crippen MR) is 75.0 cm³/mol. The highest BCUT2D eigenvalue weighted by atomic mass is 16.4. The Balaban J connectivity index is 1.68. The van der Waals surface area contributed by atoms with E-state index < -0.39 is 11.9 Å². The summed E-state index contributed by atoms with van der Waals surface area (Å²) in [5.74, 6) is -0.406. The van der Waals surface area contributed by atoms with Gasteiger partial charge in [0.15, 0.2) is 0 Å². The third-order valence-corrected chi connectivity index (χ3v) is 5.94.